The van der Waals surface area contributed by atoms with Crippen molar-refractivity contribution in [3.8, 4) is 0 Å². The zero-order chi connectivity index (χ0) is 28.1. The van der Waals surface area contributed by atoms with Gasteiger partial charge in [0.1, 0.15) is 12.1 Å². The van der Waals surface area contributed by atoms with Gasteiger partial charge < -0.3 is 31.7 Å². The molecular formula is C27H47N5O5. The Morgan fingerprint density at radius 3 is 2.16 bits per heavy atom. The minimum atomic E-state index is -1.50. The van der Waals surface area contributed by atoms with Gasteiger partial charge in [0.2, 0.25) is 17.7 Å². The van der Waals surface area contributed by atoms with Gasteiger partial charge >= 0.3 is 6.03 Å². The van der Waals surface area contributed by atoms with Crippen LogP contribution in [0.15, 0.2) is 0 Å². The molecule has 1 heterocycles. The molecule has 0 aromatic carbocycles. The lowest BCUT2D eigenvalue weighted by Gasteiger charge is -2.39. The van der Waals surface area contributed by atoms with Crippen LogP contribution in [0.5, 0.6) is 0 Å². The topological polar surface area (TPSA) is 154 Å². The molecule has 0 bridgehead atoms. The number of piperidine rings is 1. The molecule has 210 valence electrons. The van der Waals surface area contributed by atoms with Crippen LogP contribution in [0.2, 0.25) is 0 Å². The molecule has 5 amide bonds. The van der Waals surface area contributed by atoms with Gasteiger partial charge in [-0.05, 0) is 55.8 Å². The highest BCUT2D eigenvalue weighted by molar-refractivity contribution is 5.94. The molecule has 3 fully saturated rings. The second kappa shape index (κ2) is 10.1. The SMILES string of the molecule is CC(C)(C)NC(=O)N[C@H]([14C](=O)N1C[C@H]2[C@@H]([C@H]1C(=O)N[C@@H](CC1CCC1)[C@@H](O)C(N)=O)C2(C)C)C(C)(C)C. The van der Waals surface area contributed by atoms with Crippen LogP contribution in [0.25, 0.3) is 0 Å². The molecule has 37 heavy (non-hydrogen) atoms. The van der Waals surface area contributed by atoms with Gasteiger partial charge in [-0.3, -0.25) is 14.4 Å². The van der Waals surface area contributed by atoms with E-state index in [9.17, 15) is 24.3 Å². The number of fused-ring (bicyclic) bond motifs is 1. The number of aliphatic hydroxyl groups is 1. The Hall–Kier alpha value is -2.36. The van der Waals surface area contributed by atoms with Crippen LogP contribution < -0.4 is 21.7 Å². The van der Waals surface area contributed by atoms with Crippen molar-refractivity contribution in [2.45, 2.75) is 111 Å². The first kappa shape index (κ1) is 29.2. The normalized spacial score (nSPS) is 27.3. The van der Waals surface area contributed by atoms with Crippen LogP contribution in [0.4, 0.5) is 4.79 Å². The number of nitrogens with zero attached hydrogens (tertiary/aromatic N) is 1. The number of aliphatic hydroxyl groups excluding tert-OH is 1. The van der Waals surface area contributed by atoms with Gasteiger partial charge in [-0.1, -0.05) is 53.9 Å². The Morgan fingerprint density at radius 2 is 1.70 bits per heavy atom. The number of hydrogen-bond acceptors (Lipinski definition) is 5. The van der Waals surface area contributed by atoms with Crippen molar-refractivity contribution in [1.82, 2.24) is 20.9 Å². The smallest absolute Gasteiger partial charge is 0.315 e. The molecule has 0 radical (unpaired) electrons. The summed E-state index contributed by atoms with van der Waals surface area (Å²) >= 11 is 0. The molecule has 6 atom stereocenters. The predicted molar refractivity (Wildman–Crippen MR) is 140 cm³/mol. The average Bonchev–Trinajstić information content (AvgIpc) is 3.06. The predicted octanol–water partition coefficient (Wildman–Crippen LogP) is 1.50. The maximum atomic E-state index is 13.9. The van der Waals surface area contributed by atoms with Gasteiger partial charge in [-0.25, -0.2) is 4.79 Å². The first-order valence-electron chi connectivity index (χ1n) is 13.5. The molecule has 1 saturated heterocycles. The summed E-state index contributed by atoms with van der Waals surface area (Å²) in [5, 5.41) is 19.0. The molecule has 0 spiro atoms. The fourth-order valence-electron chi connectivity index (χ4n) is 5.96. The molecular weight excluding hydrogens is 476 g/mol. The number of rotatable bonds is 8. The second-order valence-corrected chi connectivity index (χ2v) is 14.0. The van der Waals surface area contributed by atoms with Gasteiger partial charge in [0.25, 0.3) is 0 Å². The van der Waals surface area contributed by atoms with E-state index in [1.54, 1.807) is 4.90 Å². The highest BCUT2D eigenvalue weighted by atomic mass is 16.3. The number of primary amides is 1. The van der Waals surface area contributed by atoms with Crippen molar-refractivity contribution in [2.75, 3.05) is 6.54 Å². The lowest BCUT2D eigenvalue weighted by Crippen LogP contribution is -2.62. The molecule has 6 N–H and O–H groups in total. The van der Waals surface area contributed by atoms with E-state index in [0.29, 0.717) is 18.9 Å². The summed E-state index contributed by atoms with van der Waals surface area (Å²) in [6.45, 7) is 15.8. The quantitative estimate of drug-likeness (QED) is 0.326. The second-order valence-electron chi connectivity index (χ2n) is 14.0. The van der Waals surface area contributed by atoms with Crippen molar-refractivity contribution in [3.63, 3.8) is 0 Å². The van der Waals surface area contributed by atoms with Crippen molar-refractivity contribution in [1.29, 1.82) is 0 Å². The largest absolute Gasteiger partial charge is 0.381 e. The van der Waals surface area contributed by atoms with Gasteiger partial charge in [0.15, 0.2) is 6.10 Å². The van der Waals surface area contributed by atoms with Crippen LogP contribution in [0.3, 0.4) is 0 Å². The van der Waals surface area contributed by atoms with Gasteiger partial charge in [0, 0.05) is 12.1 Å². The molecule has 2 aliphatic carbocycles. The number of carbonyl (C=O) groups is 4. The lowest BCUT2D eigenvalue weighted by molar-refractivity contribution is -0.144. The van der Waals surface area contributed by atoms with E-state index < -0.39 is 47.1 Å². The number of hydrogen-bond donors (Lipinski definition) is 5. The highest BCUT2D eigenvalue weighted by Crippen LogP contribution is 2.65. The standard InChI is InChI=1S/C27H47N5O5/c1-25(2,3)20(30-24(37)31-26(4,5)6)23(36)32-13-15-17(27(15,7)8)18(32)22(35)29-16(19(33)21(28)34)12-14-10-9-11-14/h14-20,33H,9-13H2,1-8H3,(H2,28,34)(H,29,35)(H2,30,31,37)/t15-,16-,17-,18-,19+,20+/m0/s1/i23+2. The summed E-state index contributed by atoms with van der Waals surface area (Å²) in [6.07, 6.45) is 2.03. The van der Waals surface area contributed by atoms with E-state index in [4.69, 9.17) is 5.73 Å². The fraction of sp³-hybridized carbons (Fsp3) is 0.852. The summed E-state index contributed by atoms with van der Waals surface area (Å²) in [7, 11) is 0. The molecule has 0 unspecified atom stereocenters. The van der Waals surface area contributed by atoms with Crippen LogP contribution >= 0.6 is 0 Å². The minimum Gasteiger partial charge on any atom is -0.381 e. The average molecular weight is 524 g/mol. The molecule has 3 rings (SSSR count). The van der Waals surface area contributed by atoms with E-state index in [0.717, 1.165) is 19.3 Å². The van der Waals surface area contributed by atoms with Gasteiger partial charge in [-0.2, -0.15) is 0 Å². The third-order valence-electron chi connectivity index (χ3n) is 8.45. The molecule has 0 aromatic rings. The monoisotopic (exact) mass is 523 g/mol. The zero-order valence-corrected chi connectivity index (χ0v) is 23.7. The molecule has 10 nitrogen and oxygen atoms in total. The van der Waals surface area contributed by atoms with Crippen LogP contribution in [0, 0.1) is 28.6 Å². The Bertz CT molecular complexity index is 917. The number of nitrogens with one attached hydrogen (secondary N) is 3. The maximum absolute atomic E-state index is 13.9. The third-order valence-corrected chi connectivity index (χ3v) is 8.45. The number of carbonyl (C=O) groups excluding carboxylic acids is 4. The van der Waals surface area contributed by atoms with Crippen molar-refractivity contribution >= 4 is 23.8 Å². The summed E-state index contributed by atoms with van der Waals surface area (Å²) in [6, 6.07) is -2.86. The number of nitrogens with two attached hydrogens (primary N) is 1. The van der Waals surface area contributed by atoms with E-state index in [1.807, 2.05) is 41.5 Å². The molecule has 3 aliphatic rings. The zero-order valence-electron chi connectivity index (χ0n) is 23.7. The molecule has 10 heteroatoms. The summed E-state index contributed by atoms with van der Waals surface area (Å²) in [5.41, 5.74) is 4.19. The van der Waals surface area contributed by atoms with Gasteiger partial charge in [0.05, 0.1) is 6.04 Å². The van der Waals surface area contributed by atoms with Crippen LogP contribution in [0.1, 0.15) is 81.1 Å². The Kier molecular flexibility index (Phi) is 7.95. The Morgan fingerprint density at radius 1 is 1.11 bits per heavy atom. The molecule has 2 saturated carbocycles. The van der Waals surface area contributed by atoms with E-state index in [-0.39, 0.29) is 29.1 Å². The molecule has 0 aromatic heterocycles. The van der Waals surface area contributed by atoms with E-state index in [2.05, 4.69) is 29.8 Å². The summed E-state index contributed by atoms with van der Waals surface area (Å²) in [4.78, 5) is 53.7. The van der Waals surface area contributed by atoms with E-state index in [1.165, 1.54) is 0 Å². The van der Waals surface area contributed by atoms with Crippen molar-refractivity contribution < 1.29 is 24.3 Å². The number of likely N-dealkylation sites (tertiary alicyclic amines) is 1. The fourth-order valence-corrected chi connectivity index (χ4v) is 5.96. The first-order chi connectivity index (χ1) is 16.8. The summed E-state index contributed by atoms with van der Waals surface area (Å²) < 4.78 is 0. The Labute approximate surface area is 220 Å². The van der Waals surface area contributed by atoms with Crippen molar-refractivity contribution in [2.24, 2.45) is 34.3 Å². The Balaban J connectivity index is 1.83. The third kappa shape index (κ3) is 6.38. The first-order valence-corrected chi connectivity index (χ1v) is 13.5. The van der Waals surface area contributed by atoms with Crippen molar-refractivity contribution in [3.05, 3.63) is 0 Å². The summed E-state index contributed by atoms with van der Waals surface area (Å²) in [5.74, 6) is -1.15. The van der Waals surface area contributed by atoms with Gasteiger partial charge in [-0.15, -0.1) is 0 Å². The lowest BCUT2D eigenvalue weighted by atomic mass is 9.79. The molecule has 1 aliphatic heterocycles. The number of amides is 5. The number of urea groups is 1. The van der Waals surface area contributed by atoms with E-state index >= 15 is 0 Å². The maximum Gasteiger partial charge on any atom is 0.315 e. The van der Waals surface area contributed by atoms with Crippen LogP contribution in [-0.2, 0) is 14.4 Å². The minimum absolute atomic E-state index is 0.0458. The van der Waals surface area contributed by atoms with Crippen LogP contribution in [-0.4, -0.2) is 70.1 Å². The highest BCUT2D eigenvalue weighted by Gasteiger charge is 2.69.